The molecule has 0 atom stereocenters. The van der Waals surface area contributed by atoms with Crippen molar-refractivity contribution in [1.29, 1.82) is 0 Å². The lowest BCUT2D eigenvalue weighted by Gasteiger charge is -2.13. The summed E-state index contributed by atoms with van der Waals surface area (Å²) in [5.41, 5.74) is 1.41. The van der Waals surface area contributed by atoms with Crippen LogP contribution in [0.1, 0.15) is 12.5 Å². The summed E-state index contributed by atoms with van der Waals surface area (Å²) in [5, 5.41) is 3.24. The maximum absolute atomic E-state index is 12.5. The fourth-order valence-electron chi connectivity index (χ4n) is 2.63. The number of benzene rings is 2. The number of esters is 1. The number of thioether (sulfide) groups is 1. The van der Waals surface area contributed by atoms with Gasteiger partial charge < -0.3 is 24.3 Å². The van der Waals surface area contributed by atoms with E-state index in [1.165, 1.54) is 18.9 Å². The second-order valence-corrected chi connectivity index (χ2v) is 8.18. The molecule has 0 aliphatic carbocycles. The summed E-state index contributed by atoms with van der Waals surface area (Å²) in [5.74, 6) is 0.806. The monoisotopic (exact) mass is 520 g/mol. The van der Waals surface area contributed by atoms with Gasteiger partial charge in [0, 0.05) is 4.47 Å². The van der Waals surface area contributed by atoms with Crippen molar-refractivity contribution >= 4 is 56.5 Å². The molecule has 1 N–H and O–H groups in total. The number of carbonyl (C=O) groups is 2. The lowest BCUT2D eigenvalue weighted by molar-refractivity contribution is -0.142. The Morgan fingerprint density at radius 1 is 1.16 bits per heavy atom. The quantitative estimate of drug-likeness (QED) is 0.409. The van der Waals surface area contributed by atoms with Crippen LogP contribution in [0.2, 0.25) is 0 Å². The van der Waals surface area contributed by atoms with Crippen LogP contribution in [-0.4, -0.2) is 44.5 Å². The molecule has 1 aliphatic heterocycles. The van der Waals surface area contributed by atoms with Gasteiger partial charge in [-0.05, 0) is 66.7 Å². The molecule has 168 valence electrons. The van der Waals surface area contributed by atoms with E-state index in [1.54, 1.807) is 49.6 Å². The first-order chi connectivity index (χ1) is 15.4. The molecular formula is C22H21BrN2O6S. The maximum Gasteiger partial charge on any atom is 0.343 e. The third-order valence-electron chi connectivity index (χ3n) is 4.18. The Bertz CT molecular complexity index is 1070. The molecule has 10 heteroatoms. The van der Waals surface area contributed by atoms with Gasteiger partial charge in [0.2, 0.25) is 0 Å². The molecule has 2 aromatic rings. The summed E-state index contributed by atoms with van der Waals surface area (Å²) in [6, 6.07) is 10.6. The van der Waals surface area contributed by atoms with Crippen molar-refractivity contribution in [3.63, 3.8) is 0 Å². The van der Waals surface area contributed by atoms with Crippen LogP contribution in [0.15, 0.2) is 50.8 Å². The molecule has 1 heterocycles. The fourth-order valence-corrected chi connectivity index (χ4v) is 3.90. The van der Waals surface area contributed by atoms with Crippen LogP contribution in [-0.2, 0) is 14.3 Å². The van der Waals surface area contributed by atoms with E-state index in [2.05, 4.69) is 31.0 Å². The highest BCUT2D eigenvalue weighted by molar-refractivity contribution is 9.10. The van der Waals surface area contributed by atoms with Crippen LogP contribution in [0.25, 0.3) is 6.08 Å². The molecule has 1 aliphatic rings. The second-order valence-electron chi connectivity index (χ2n) is 6.30. The molecule has 32 heavy (non-hydrogen) atoms. The molecule has 0 saturated carbocycles. The summed E-state index contributed by atoms with van der Waals surface area (Å²) < 4.78 is 21.6. The van der Waals surface area contributed by atoms with Crippen LogP contribution >= 0.6 is 27.7 Å². The minimum atomic E-state index is -0.502. The number of amidine groups is 1. The number of aliphatic imine (C=N–C) groups is 1. The first-order valence-corrected chi connectivity index (χ1v) is 11.1. The summed E-state index contributed by atoms with van der Waals surface area (Å²) in [7, 11) is 2.88. The number of hydrogen-bond donors (Lipinski definition) is 1. The third-order valence-corrected chi connectivity index (χ3v) is 5.77. The van der Waals surface area contributed by atoms with Gasteiger partial charge in [-0.1, -0.05) is 15.9 Å². The molecule has 1 amide bonds. The lowest BCUT2D eigenvalue weighted by atomic mass is 10.2. The van der Waals surface area contributed by atoms with Gasteiger partial charge in [0.1, 0.15) is 5.75 Å². The van der Waals surface area contributed by atoms with Crippen LogP contribution < -0.4 is 19.5 Å². The predicted octanol–water partition coefficient (Wildman–Crippen LogP) is 4.30. The Morgan fingerprint density at radius 2 is 1.88 bits per heavy atom. The van der Waals surface area contributed by atoms with E-state index in [0.29, 0.717) is 43.9 Å². The van der Waals surface area contributed by atoms with E-state index in [4.69, 9.17) is 14.2 Å². The van der Waals surface area contributed by atoms with E-state index in [-0.39, 0.29) is 12.5 Å². The highest BCUT2D eigenvalue weighted by Gasteiger charge is 2.24. The Morgan fingerprint density at radius 3 is 2.53 bits per heavy atom. The molecule has 0 spiro atoms. The Labute approximate surface area is 198 Å². The van der Waals surface area contributed by atoms with Crippen molar-refractivity contribution in [2.45, 2.75) is 6.92 Å². The zero-order valence-corrected chi connectivity index (χ0v) is 20.0. The number of rotatable bonds is 8. The van der Waals surface area contributed by atoms with Crippen LogP contribution in [0.3, 0.4) is 0 Å². The van der Waals surface area contributed by atoms with Crippen molar-refractivity contribution in [3.05, 3.63) is 51.3 Å². The largest absolute Gasteiger partial charge is 0.497 e. The first-order valence-electron chi connectivity index (χ1n) is 9.53. The highest BCUT2D eigenvalue weighted by Crippen LogP contribution is 2.37. The fraction of sp³-hybridized carbons (Fsp3) is 0.227. The number of halogens is 1. The number of carbonyl (C=O) groups excluding carboxylic acids is 2. The van der Waals surface area contributed by atoms with Crippen molar-refractivity contribution in [2.75, 3.05) is 27.4 Å². The first kappa shape index (κ1) is 23.7. The molecule has 2 aromatic carbocycles. The maximum atomic E-state index is 12.5. The second kappa shape index (κ2) is 11.1. The topological polar surface area (TPSA) is 95.5 Å². The van der Waals surface area contributed by atoms with Gasteiger partial charge >= 0.3 is 5.97 Å². The van der Waals surface area contributed by atoms with Gasteiger partial charge in [-0.3, -0.25) is 4.79 Å². The van der Waals surface area contributed by atoms with Gasteiger partial charge in [-0.15, -0.1) is 0 Å². The molecule has 0 aromatic heterocycles. The average molecular weight is 521 g/mol. The smallest absolute Gasteiger partial charge is 0.343 e. The van der Waals surface area contributed by atoms with E-state index in [0.717, 1.165) is 5.75 Å². The minimum Gasteiger partial charge on any atom is -0.497 e. The average Bonchev–Trinajstić information content (AvgIpc) is 3.13. The van der Waals surface area contributed by atoms with Crippen LogP contribution in [0.4, 0.5) is 5.69 Å². The molecule has 0 unspecified atom stereocenters. The Kier molecular flexibility index (Phi) is 8.18. The van der Waals surface area contributed by atoms with E-state index in [9.17, 15) is 9.59 Å². The Balaban J connectivity index is 1.83. The number of methoxy groups -OCH3 is 2. The number of nitrogens with zero attached hydrogens (tertiary/aromatic N) is 1. The van der Waals surface area contributed by atoms with E-state index < -0.39 is 5.97 Å². The highest BCUT2D eigenvalue weighted by atomic mass is 79.9. The zero-order valence-electron chi connectivity index (χ0n) is 17.6. The zero-order chi connectivity index (χ0) is 23.1. The SMILES string of the molecule is CCOc1cc(/C=C2/SC(=Nc3ccc(OC)cc3)NC2=O)c(Br)cc1OCC(=O)OC. The molecule has 0 bridgehead atoms. The van der Waals surface area contributed by atoms with Crippen molar-refractivity contribution in [3.8, 4) is 17.2 Å². The molecule has 1 fully saturated rings. The van der Waals surface area contributed by atoms with Crippen molar-refractivity contribution in [2.24, 2.45) is 4.99 Å². The standard InChI is InChI=1S/C22H21BrN2O6S/c1-4-30-17-9-13(16(23)11-18(17)31-12-20(26)29-3)10-19-21(27)25-22(32-19)24-14-5-7-15(28-2)8-6-14/h5-11H,4,12H2,1-3H3,(H,24,25,27)/b19-10+. The molecule has 3 rings (SSSR count). The van der Waals surface area contributed by atoms with Gasteiger partial charge in [0.15, 0.2) is 23.3 Å². The molecule has 0 radical (unpaired) electrons. The molecule has 1 saturated heterocycles. The van der Waals surface area contributed by atoms with Crippen LogP contribution in [0.5, 0.6) is 17.2 Å². The van der Waals surface area contributed by atoms with E-state index >= 15 is 0 Å². The van der Waals surface area contributed by atoms with Gasteiger partial charge in [-0.2, -0.15) is 0 Å². The minimum absolute atomic E-state index is 0.243. The molecule has 8 nitrogen and oxygen atoms in total. The summed E-state index contributed by atoms with van der Waals surface area (Å²) in [4.78, 5) is 28.8. The lowest BCUT2D eigenvalue weighted by Crippen LogP contribution is -2.19. The summed E-state index contributed by atoms with van der Waals surface area (Å²) >= 11 is 4.72. The third kappa shape index (κ3) is 6.04. The summed E-state index contributed by atoms with van der Waals surface area (Å²) in [6.45, 7) is 2.00. The number of nitrogens with one attached hydrogen (secondary N) is 1. The van der Waals surface area contributed by atoms with Gasteiger partial charge in [0.25, 0.3) is 5.91 Å². The summed E-state index contributed by atoms with van der Waals surface area (Å²) in [6.07, 6.45) is 1.73. The normalized spacial score (nSPS) is 15.6. The van der Waals surface area contributed by atoms with Crippen molar-refractivity contribution < 1.29 is 28.5 Å². The van der Waals surface area contributed by atoms with Gasteiger partial charge in [0.05, 0.1) is 31.4 Å². The van der Waals surface area contributed by atoms with E-state index in [1.807, 2.05) is 6.92 Å². The Hall–Kier alpha value is -2.98. The number of ether oxygens (including phenoxy) is 4. The number of hydrogen-bond acceptors (Lipinski definition) is 8. The molecular weight excluding hydrogens is 500 g/mol. The number of amides is 1. The van der Waals surface area contributed by atoms with Crippen molar-refractivity contribution in [1.82, 2.24) is 5.32 Å². The van der Waals surface area contributed by atoms with Crippen LogP contribution in [0, 0.1) is 0 Å². The van der Waals surface area contributed by atoms with Gasteiger partial charge in [-0.25, -0.2) is 9.79 Å². The predicted molar refractivity (Wildman–Crippen MR) is 127 cm³/mol.